The molecule has 3 aromatic rings. The van der Waals surface area contributed by atoms with Crippen LogP contribution in [0.25, 0.3) is 0 Å². The number of anilines is 1. The first kappa shape index (κ1) is 17.2. The minimum Gasteiger partial charge on any atom is -0.366 e. The number of nitrogens with two attached hydrogens (primary N) is 1. The topological polar surface area (TPSA) is 94.2 Å². The number of nitrogens with zero attached hydrogens (tertiary/aromatic N) is 1. The molecule has 0 aliphatic carbocycles. The Morgan fingerprint density at radius 2 is 1.62 bits per heavy atom. The molecule has 3 rings (SSSR count). The van der Waals surface area contributed by atoms with Gasteiger partial charge in [-0.15, -0.1) is 0 Å². The highest BCUT2D eigenvalue weighted by Gasteiger charge is 2.13. The van der Waals surface area contributed by atoms with E-state index in [1.165, 1.54) is 29.0 Å². The van der Waals surface area contributed by atoms with Gasteiger partial charge < -0.3 is 15.6 Å². The maximum atomic E-state index is 12.5. The largest absolute Gasteiger partial charge is 0.366 e. The van der Waals surface area contributed by atoms with E-state index in [-0.39, 0.29) is 11.1 Å². The van der Waals surface area contributed by atoms with E-state index in [1.54, 1.807) is 18.2 Å². The molecule has 3 N–H and O–H groups in total. The van der Waals surface area contributed by atoms with Crippen LogP contribution in [0.3, 0.4) is 0 Å². The van der Waals surface area contributed by atoms with Gasteiger partial charge in [-0.05, 0) is 23.8 Å². The zero-order chi connectivity index (χ0) is 18.5. The maximum absolute atomic E-state index is 12.5. The van der Waals surface area contributed by atoms with Gasteiger partial charge in [0.2, 0.25) is 0 Å². The van der Waals surface area contributed by atoms with Gasteiger partial charge in [-0.1, -0.05) is 42.5 Å². The zero-order valence-electron chi connectivity index (χ0n) is 13.9. The fraction of sp³-hybridized carbons (Fsp3) is 0.0500. The van der Waals surface area contributed by atoms with Gasteiger partial charge in [-0.3, -0.25) is 14.4 Å². The summed E-state index contributed by atoms with van der Waals surface area (Å²) in [4.78, 5) is 36.1. The molecule has 0 atom stereocenters. The lowest BCUT2D eigenvalue weighted by atomic mass is 10.1. The molecule has 26 heavy (non-hydrogen) atoms. The van der Waals surface area contributed by atoms with E-state index in [0.717, 1.165) is 5.56 Å². The van der Waals surface area contributed by atoms with Crippen LogP contribution in [0.4, 0.5) is 5.69 Å². The first-order chi connectivity index (χ1) is 12.5. The molecule has 1 heterocycles. The molecule has 2 aromatic carbocycles. The fourth-order valence-electron chi connectivity index (χ4n) is 2.57. The van der Waals surface area contributed by atoms with Crippen molar-refractivity contribution in [1.82, 2.24) is 4.57 Å². The van der Waals surface area contributed by atoms with Gasteiger partial charge in [-0.25, -0.2) is 0 Å². The lowest BCUT2D eigenvalue weighted by Gasteiger charge is -2.11. The second kappa shape index (κ2) is 7.48. The Balaban J connectivity index is 1.86. The van der Waals surface area contributed by atoms with E-state index in [0.29, 0.717) is 17.8 Å². The first-order valence-electron chi connectivity index (χ1n) is 7.99. The Hall–Kier alpha value is -3.67. The quantitative estimate of drug-likeness (QED) is 0.741. The number of amides is 2. The van der Waals surface area contributed by atoms with Gasteiger partial charge in [-0.2, -0.15) is 0 Å². The van der Waals surface area contributed by atoms with Crippen LogP contribution in [-0.4, -0.2) is 16.4 Å². The van der Waals surface area contributed by atoms with Crippen molar-refractivity contribution in [3.63, 3.8) is 0 Å². The summed E-state index contributed by atoms with van der Waals surface area (Å²) in [6, 6.07) is 18.8. The van der Waals surface area contributed by atoms with Crippen LogP contribution >= 0.6 is 0 Å². The smallest absolute Gasteiger partial charge is 0.257 e. The normalized spacial score (nSPS) is 10.3. The molecule has 2 amide bonds. The van der Waals surface area contributed by atoms with Crippen LogP contribution in [-0.2, 0) is 6.54 Å². The number of nitrogens with one attached hydrogen (secondary N) is 1. The zero-order valence-corrected chi connectivity index (χ0v) is 13.9. The third kappa shape index (κ3) is 3.87. The Morgan fingerprint density at radius 3 is 2.35 bits per heavy atom. The number of carbonyl (C=O) groups excluding carboxylic acids is 2. The summed E-state index contributed by atoms with van der Waals surface area (Å²) in [5.41, 5.74) is 6.92. The highest BCUT2D eigenvalue weighted by Crippen LogP contribution is 2.15. The van der Waals surface area contributed by atoms with Gasteiger partial charge >= 0.3 is 0 Å². The monoisotopic (exact) mass is 347 g/mol. The number of hydrogen-bond donors (Lipinski definition) is 2. The molecule has 0 fully saturated rings. The van der Waals surface area contributed by atoms with Gasteiger partial charge in [0.15, 0.2) is 0 Å². The van der Waals surface area contributed by atoms with Crippen molar-refractivity contribution in [1.29, 1.82) is 0 Å². The van der Waals surface area contributed by atoms with Crippen LogP contribution in [0.1, 0.15) is 26.3 Å². The molecular weight excluding hydrogens is 330 g/mol. The highest BCUT2D eigenvalue weighted by molar-refractivity contribution is 6.08. The Bertz CT molecular complexity index is 1010. The van der Waals surface area contributed by atoms with E-state index >= 15 is 0 Å². The molecule has 6 heteroatoms. The van der Waals surface area contributed by atoms with Gasteiger partial charge in [0.05, 0.1) is 23.4 Å². The summed E-state index contributed by atoms with van der Waals surface area (Å²) in [5, 5.41) is 2.66. The lowest BCUT2D eigenvalue weighted by Crippen LogP contribution is -2.23. The molecule has 0 saturated carbocycles. The van der Waals surface area contributed by atoms with Crippen molar-refractivity contribution in [2.75, 3.05) is 5.32 Å². The Kier molecular flexibility index (Phi) is 4.94. The summed E-state index contributed by atoms with van der Waals surface area (Å²) in [5.74, 6) is -1.06. The fourth-order valence-corrected chi connectivity index (χ4v) is 2.57. The van der Waals surface area contributed by atoms with Crippen LogP contribution in [0.15, 0.2) is 77.7 Å². The minimum absolute atomic E-state index is 0.206. The number of primary amides is 1. The van der Waals surface area contributed by atoms with Crippen LogP contribution < -0.4 is 16.6 Å². The van der Waals surface area contributed by atoms with Gasteiger partial charge in [0.1, 0.15) is 0 Å². The van der Waals surface area contributed by atoms with Crippen molar-refractivity contribution in [3.05, 3.63) is 100.0 Å². The van der Waals surface area contributed by atoms with Gasteiger partial charge in [0, 0.05) is 12.3 Å². The Morgan fingerprint density at radius 1 is 0.923 bits per heavy atom. The van der Waals surface area contributed by atoms with Crippen molar-refractivity contribution in [2.45, 2.75) is 6.54 Å². The molecule has 0 aliphatic rings. The summed E-state index contributed by atoms with van der Waals surface area (Å²) in [7, 11) is 0. The molecule has 0 radical (unpaired) electrons. The predicted molar refractivity (Wildman–Crippen MR) is 99.2 cm³/mol. The van der Waals surface area contributed by atoms with E-state index in [2.05, 4.69) is 5.32 Å². The van der Waals surface area contributed by atoms with Gasteiger partial charge in [0.25, 0.3) is 17.4 Å². The average Bonchev–Trinajstić information content (AvgIpc) is 2.64. The number of hydrogen-bond acceptors (Lipinski definition) is 3. The molecule has 1 aromatic heterocycles. The van der Waals surface area contributed by atoms with Crippen molar-refractivity contribution < 1.29 is 9.59 Å². The van der Waals surface area contributed by atoms with Crippen LogP contribution in [0, 0.1) is 0 Å². The molecule has 6 nitrogen and oxygen atoms in total. The highest BCUT2D eigenvalue weighted by atomic mass is 16.2. The third-order valence-corrected chi connectivity index (χ3v) is 3.88. The predicted octanol–water partition coefficient (Wildman–Crippen LogP) is 2.25. The maximum Gasteiger partial charge on any atom is 0.257 e. The van der Waals surface area contributed by atoms with E-state index in [1.807, 2.05) is 30.3 Å². The summed E-state index contributed by atoms with van der Waals surface area (Å²) in [6.45, 7) is 0.360. The van der Waals surface area contributed by atoms with Crippen molar-refractivity contribution >= 4 is 17.5 Å². The molecule has 0 unspecified atom stereocenters. The van der Waals surface area contributed by atoms with Crippen molar-refractivity contribution in [3.8, 4) is 0 Å². The molecular formula is C20H17N3O3. The number of pyridine rings is 1. The summed E-state index contributed by atoms with van der Waals surface area (Å²) >= 11 is 0. The minimum atomic E-state index is -0.630. The lowest BCUT2D eigenvalue weighted by molar-refractivity contribution is 0.100. The van der Waals surface area contributed by atoms with Crippen LogP contribution in [0.2, 0.25) is 0 Å². The summed E-state index contributed by atoms with van der Waals surface area (Å²) < 4.78 is 1.46. The van der Waals surface area contributed by atoms with E-state index < -0.39 is 11.8 Å². The molecule has 0 bridgehead atoms. The molecule has 130 valence electrons. The van der Waals surface area contributed by atoms with E-state index in [4.69, 9.17) is 5.73 Å². The number of rotatable bonds is 5. The first-order valence-corrected chi connectivity index (χ1v) is 7.99. The molecule has 0 spiro atoms. The molecule has 0 aliphatic heterocycles. The number of aromatic nitrogens is 1. The van der Waals surface area contributed by atoms with Crippen LogP contribution in [0.5, 0.6) is 0 Å². The van der Waals surface area contributed by atoms with Crippen molar-refractivity contribution in [2.24, 2.45) is 5.73 Å². The second-order valence-corrected chi connectivity index (χ2v) is 5.73. The number of carbonyl (C=O) groups is 2. The number of para-hydroxylation sites is 1. The molecule has 0 saturated heterocycles. The SMILES string of the molecule is NC(=O)c1ccccc1NC(=O)c1ccc(=O)n(Cc2ccccc2)c1. The standard InChI is InChI=1S/C20H17N3O3/c21-19(25)16-8-4-5-9-17(16)22-20(26)15-10-11-18(24)23(13-15)12-14-6-2-1-3-7-14/h1-11,13H,12H2,(H2,21,25)(H,22,26). The summed E-state index contributed by atoms with van der Waals surface area (Å²) in [6.07, 6.45) is 1.50. The van der Waals surface area contributed by atoms with E-state index in [9.17, 15) is 14.4 Å². The number of benzene rings is 2. The average molecular weight is 347 g/mol. The third-order valence-electron chi connectivity index (χ3n) is 3.88. The Labute approximate surface area is 149 Å². The second-order valence-electron chi connectivity index (χ2n) is 5.73.